The van der Waals surface area contributed by atoms with Crippen LogP contribution in [0.25, 0.3) is 11.1 Å². The third kappa shape index (κ3) is 5.93. The fourth-order valence-electron chi connectivity index (χ4n) is 4.63. The average Bonchev–Trinajstić information content (AvgIpc) is 3.07. The number of halogens is 4. The summed E-state index contributed by atoms with van der Waals surface area (Å²) in [5.41, 5.74) is 2.95. The summed E-state index contributed by atoms with van der Waals surface area (Å²) in [5, 5.41) is 20.5. The molecule has 3 aromatic carbocycles. The molecule has 7 heteroatoms. The molecule has 0 aromatic heterocycles. The standard InChI is InChI=1S/C31H30ClF3NO2/c1-4-19-12-22(15-28(34)26(19)18-37)20-9-11-30(29(35)14-20)36-17-23(31(2,3)38)6-5-7-25(36)13-21-8-10-24(33)16-27(21)32/h4,7-12,14-17,37-38H,5-6,13,18H2,1-3H3/q+1. The molecule has 1 aliphatic heterocycles. The van der Waals surface area contributed by atoms with Gasteiger partial charge >= 0.3 is 0 Å². The maximum absolute atomic E-state index is 15.8. The van der Waals surface area contributed by atoms with Crippen LogP contribution >= 0.6 is 11.6 Å². The summed E-state index contributed by atoms with van der Waals surface area (Å²) in [6, 6.07) is 11.8. The van der Waals surface area contributed by atoms with Crippen molar-refractivity contribution in [3.63, 3.8) is 0 Å². The van der Waals surface area contributed by atoms with Crippen LogP contribution in [0.2, 0.25) is 5.02 Å². The average molecular weight is 541 g/mol. The minimum absolute atomic E-state index is 0.191. The molecule has 2 N–H and O–H groups in total. The maximum atomic E-state index is 15.8. The van der Waals surface area contributed by atoms with Gasteiger partial charge in [0.1, 0.15) is 29.4 Å². The summed E-state index contributed by atoms with van der Waals surface area (Å²) in [4.78, 5) is 1.69. The largest absolute Gasteiger partial charge is 0.386 e. The van der Waals surface area contributed by atoms with Gasteiger partial charge in [-0.3, -0.25) is 0 Å². The molecule has 0 unspecified atom stereocenters. The zero-order chi connectivity index (χ0) is 27.6. The first kappa shape index (κ1) is 27.8. The molecular weight excluding hydrogens is 511 g/mol. The summed E-state index contributed by atoms with van der Waals surface area (Å²) in [6.45, 7) is 4.68. The van der Waals surface area contributed by atoms with Crippen LogP contribution in [0.5, 0.6) is 0 Å². The third-order valence-corrected chi connectivity index (χ3v) is 7.15. The van der Waals surface area contributed by atoms with Crippen molar-refractivity contribution in [1.29, 1.82) is 0 Å². The highest BCUT2D eigenvalue weighted by Gasteiger charge is 2.26. The molecule has 0 aliphatic carbocycles. The lowest BCUT2D eigenvalue weighted by atomic mass is 9.95. The monoisotopic (exact) mass is 540 g/mol. The number of allylic oxidation sites excluding steroid dienone is 2. The highest BCUT2D eigenvalue weighted by Crippen LogP contribution is 2.36. The van der Waals surface area contributed by atoms with E-state index in [2.05, 4.69) is 0 Å². The van der Waals surface area contributed by atoms with E-state index in [4.69, 9.17) is 11.6 Å². The first-order valence-corrected chi connectivity index (χ1v) is 12.8. The lowest BCUT2D eigenvalue weighted by Gasteiger charge is -2.28. The van der Waals surface area contributed by atoms with Gasteiger partial charge in [-0.25, -0.2) is 8.78 Å². The summed E-state index contributed by atoms with van der Waals surface area (Å²) >= 11 is 6.30. The van der Waals surface area contributed by atoms with Crippen LogP contribution in [0.3, 0.4) is 0 Å². The molecule has 0 saturated carbocycles. The van der Waals surface area contributed by atoms with E-state index in [0.29, 0.717) is 41.5 Å². The van der Waals surface area contributed by atoms with Gasteiger partial charge in [0.05, 0.1) is 17.4 Å². The van der Waals surface area contributed by atoms with Crippen molar-refractivity contribution in [2.75, 3.05) is 4.90 Å². The number of aliphatic hydroxyl groups is 2. The number of hydrogen-bond donors (Lipinski definition) is 2. The van der Waals surface area contributed by atoms with Crippen molar-refractivity contribution in [2.45, 2.75) is 52.2 Å². The molecule has 0 bridgehead atoms. The van der Waals surface area contributed by atoms with Crippen LogP contribution in [0.1, 0.15) is 50.3 Å². The Labute approximate surface area is 226 Å². The molecule has 1 heterocycles. The minimum atomic E-state index is -1.12. The first-order chi connectivity index (χ1) is 18.0. The molecule has 0 atom stereocenters. The van der Waals surface area contributed by atoms with Crippen LogP contribution < -0.4 is 4.90 Å². The fourth-order valence-corrected chi connectivity index (χ4v) is 4.87. The summed E-state index contributed by atoms with van der Waals surface area (Å²) < 4.78 is 44.0. The Kier molecular flexibility index (Phi) is 8.26. The highest BCUT2D eigenvalue weighted by atomic mass is 35.5. The number of benzene rings is 3. The predicted octanol–water partition coefficient (Wildman–Crippen LogP) is 7.87. The van der Waals surface area contributed by atoms with E-state index in [1.54, 1.807) is 62.6 Å². The van der Waals surface area contributed by atoms with Crippen LogP contribution in [0.15, 0.2) is 72.1 Å². The van der Waals surface area contributed by atoms with Gasteiger partial charge in [-0.05, 0) is 67.7 Å². The van der Waals surface area contributed by atoms with Gasteiger partial charge in [-0.2, -0.15) is 4.39 Å². The zero-order valence-corrected chi connectivity index (χ0v) is 22.3. The Bertz CT molecular complexity index is 1410. The van der Waals surface area contributed by atoms with Crippen molar-refractivity contribution >= 4 is 17.3 Å². The lowest BCUT2D eigenvalue weighted by molar-refractivity contribution is 0.116. The Morgan fingerprint density at radius 2 is 1.74 bits per heavy atom. The van der Waals surface area contributed by atoms with Gasteiger partial charge in [-0.15, -0.1) is 0 Å². The molecule has 1 aliphatic rings. The van der Waals surface area contributed by atoms with Gasteiger partial charge in [-0.1, -0.05) is 29.8 Å². The van der Waals surface area contributed by atoms with Gasteiger partial charge < -0.3 is 15.1 Å². The topological polar surface area (TPSA) is 43.7 Å². The first-order valence-electron chi connectivity index (χ1n) is 12.4. The highest BCUT2D eigenvalue weighted by molar-refractivity contribution is 6.31. The van der Waals surface area contributed by atoms with Crippen LogP contribution in [0, 0.1) is 23.9 Å². The number of anilines is 1. The number of rotatable bonds is 7. The van der Waals surface area contributed by atoms with Gasteiger partial charge in [0.15, 0.2) is 5.82 Å². The smallest absolute Gasteiger partial charge is 0.186 e. The van der Waals surface area contributed by atoms with E-state index in [-0.39, 0.29) is 16.3 Å². The summed E-state index contributed by atoms with van der Waals surface area (Å²) in [7, 11) is 0. The number of aliphatic hydroxyl groups excluding tert-OH is 1. The van der Waals surface area contributed by atoms with Crippen molar-refractivity contribution in [1.82, 2.24) is 0 Å². The summed E-state index contributed by atoms with van der Waals surface area (Å²) in [6.07, 6.45) is 6.92. The normalized spacial score (nSPS) is 14.2. The molecule has 0 amide bonds. The Balaban J connectivity index is 1.78. The predicted molar refractivity (Wildman–Crippen MR) is 146 cm³/mol. The quantitative estimate of drug-likeness (QED) is 0.300. The third-order valence-electron chi connectivity index (χ3n) is 6.80. The molecule has 0 spiro atoms. The maximum Gasteiger partial charge on any atom is 0.186 e. The van der Waals surface area contributed by atoms with Gasteiger partial charge in [0.25, 0.3) is 0 Å². The molecule has 198 valence electrons. The summed E-state index contributed by atoms with van der Waals surface area (Å²) in [5.74, 6) is -1.54. The number of nitrogens with zero attached hydrogens (tertiary/aromatic N) is 1. The van der Waals surface area contributed by atoms with E-state index >= 15 is 4.39 Å². The zero-order valence-electron chi connectivity index (χ0n) is 21.5. The van der Waals surface area contributed by atoms with Crippen molar-refractivity contribution < 1.29 is 23.4 Å². The van der Waals surface area contributed by atoms with Crippen LogP contribution in [-0.4, -0.2) is 15.8 Å². The molecular formula is C31H30ClF3NO2+. The van der Waals surface area contributed by atoms with E-state index in [1.165, 1.54) is 24.3 Å². The lowest BCUT2D eigenvalue weighted by Crippen LogP contribution is -2.25. The molecule has 4 rings (SSSR count). The Morgan fingerprint density at radius 1 is 1.00 bits per heavy atom. The van der Waals surface area contributed by atoms with E-state index in [9.17, 15) is 19.0 Å². The van der Waals surface area contributed by atoms with Crippen molar-refractivity contribution in [3.05, 3.63) is 118 Å². The van der Waals surface area contributed by atoms with Crippen molar-refractivity contribution in [2.24, 2.45) is 0 Å². The fraction of sp³-hybridized carbons (Fsp3) is 0.258. The van der Waals surface area contributed by atoms with Crippen LogP contribution in [0.4, 0.5) is 18.9 Å². The molecule has 3 nitrogen and oxygen atoms in total. The van der Waals surface area contributed by atoms with E-state index in [1.807, 2.05) is 6.08 Å². The molecule has 0 radical (unpaired) electrons. The second-order valence-corrected chi connectivity index (χ2v) is 10.3. The molecule has 3 aromatic rings. The molecule has 0 fully saturated rings. The van der Waals surface area contributed by atoms with E-state index < -0.39 is 29.7 Å². The van der Waals surface area contributed by atoms with Crippen molar-refractivity contribution in [3.8, 4) is 11.1 Å². The van der Waals surface area contributed by atoms with E-state index in [0.717, 1.165) is 11.3 Å². The molecule has 38 heavy (non-hydrogen) atoms. The number of hydrogen-bond acceptors (Lipinski definition) is 3. The Morgan fingerprint density at radius 3 is 2.37 bits per heavy atom. The minimum Gasteiger partial charge on any atom is -0.386 e. The second kappa shape index (κ2) is 11.3. The van der Waals surface area contributed by atoms with Gasteiger partial charge in [0.2, 0.25) is 0 Å². The molecule has 0 saturated heterocycles. The second-order valence-electron chi connectivity index (χ2n) is 9.87. The SMILES string of the molecule is C[CH+]c1cc(-c2ccc(N3C=C(C(C)(C)O)CCC=C3Cc3ccc(F)cc3Cl)c(F)c2)cc(F)c1CO. The van der Waals surface area contributed by atoms with Crippen LogP contribution in [-0.2, 0) is 13.0 Å². The van der Waals surface area contributed by atoms with Gasteiger partial charge in [0, 0.05) is 48.3 Å². The Hall–Kier alpha value is -3.19.